The number of carbonyl (C=O) groups is 1. The van der Waals surface area contributed by atoms with Gasteiger partial charge in [-0.1, -0.05) is 0 Å². The summed E-state index contributed by atoms with van der Waals surface area (Å²) in [7, 11) is 1.81. The first-order valence-corrected chi connectivity index (χ1v) is 8.53. The first-order chi connectivity index (χ1) is 12.2. The van der Waals surface area contributed by atoms with Crippen LogP contribution in [0.5, 0.6) is 0 Å². The number of carbonyl (C=O) groups excluding carboxylic acids is 1. The molecule has 0 unspecified atom stereocenters. The molecule has 3 N–H and O–H groups in total. The Morgan fingerprint density at radius 2 is 2.24 bits per heavy atom. The van der Waals surface area contributed by atoms with Gasteiger partial charge in [-0.05, 0) is 43.6 Å². The topological polar surface area (TPSA) is 101 Å². The molecule has 0 saturated carbocycles. The largest absolute Gasteiger partial charge is 0.346 e. The minimum Gasteiger partial charge on any atom is -0.346 e. The summed E-state index contributed by atoms with van der Waals surface area (Å²) < 4.78 is 1.64. The van der Waals surface area contributed by atoms with Crippen LogP contribution in [0.2, 0.25) is 0 Å². The van der Waals surface area contributed by atoms with Gasteiger partial charge in [-0.15, -0.1) is 0 Å². The second kappa shape index (κ2) is 6.64. The predicted molar refractivity (Wildman–Crippen MR) is 94.3 cm³/mol. The molecule has 1 amide bonds. The first-order valence-electron chi connectivity index (χ1n) is 8.53. The number of aromatic nitrogens is 5. The molecule has 130 valence electrons. The number of aromatic amines is 1. The Balaban J connectivity index is 1.46. The quantitative estimate of drug-likeness (QED) is 0.666. The number of hydrogen-bond donors (Lipinski definition) is 3. The Bertz CT molecular complexity index is 891. The van der Waals surface area contributed by atoms with E-state index in [1.807, 2.05) is 25.4 Å². The molecule has 8 heteroatoms. The standard InChI is InChI=1S/C17H21N7O/c1-24-17(22-15(23-24)11-4-7-18-8-5-11)21-14(25)9-12-10-20-16-13(12)3-2-6-19-16/h2-3,6,10-11,18H,4-5,7-9H2,1H3,(H,19,20)(H,21,22,23,25). The summed E-state index contributed by atoms with van der Waals surface area (Å²) >= 11 is 0. The lowest BCUT2D eigenvalue weighted by Crippen LogP contribution is -2.27. The van der Waals surface area contributed by atoms with Crippen LogP contribution in [-0.2, 0) is 18.3 Å². The van der Waals surface area contributed by atoms with E-state index >= 15 is 0 Å². The van der Waals surface area contributed by atoms with Crippen molar-refractivity contribution in [3.8, 4) is 0 Å². The Kier molecular flexibility index (Phi) is 4.19. The van der Waals surface area contributed by atoms with Gasteiger partial charge in [0.25, 0.3) is 0 Å². The highest BCUT2D eigenvalue weighted by molar-refractivity contribution is 5.94. The van der Waals surface area contributed by atoms with E-state index in [-0.39, 0.29) is 12.3 Å². The molecule has 0 radical (unpaired) electrons. The normalized spacial score (nSPS) is 15.6. The van der Waals surface area contributed by atoms with Crippen molar-refractivity contribution in [1.82, 2.24) is 30.0 Å². The third-order valence-corrected chi connectivity index (χ3v) is 4.62. The van der Waals surface area contributed by atoms with Crippen LogP contribution in [0.15, 0.2) is 24.5 Å². The zero-order valence-corrected chi connectivity index (χ0v) is 14.1. The summed E-state index contributed by atoms with van der Waals surface area (Å²) in [6.45, 7) is 1.97. The molecule has 25 heavy (non-hydrogen) atoms. The summed E-state index contributed by atoms with van der Waals surface area (Å²) in [5.41, 5.74) is 1.71. The van der Waals surface area contributed by atoms with Crippen molar-refractivity contribution in [1.29, 1.82) is 0 Å². The van der Waals surface area contributed by atoms with Crippen molar-refractivity contribution in [3.05, 3.63) is 35.9 Å². The summed E-state index contributed by atoms with van der Waals surface area (Å²) in [5.74, 6) is 1.56. The fourth-order valence-corrected chi connectivity index (χ4v) is 3.27. The van der Waals surface area contributed by atoms with Crippen molar-refractivity contribution >= 4 is 22.9 Å². The van der Waals surface area contributed by atoms with E-state index in [0.717, 1.165) is 48.4 Å². The zero-order chi connectivity index (χ0) is 17.2. The summed E-state index contributed by atoms with van der Waals surface area (Å²) in [6.07, 6.45) is 5.87. The maximum Gasteiger partial charge on any atom is 0.231 e. The monoisotopic (exact) mass is 339 g/mol. The average Bonchev–Trinajstić information content (AvgIpc) is 3.20. The smallest absolute Gasteiger partial charge is 0.231 e. The van der Waals surface area contributed by atoms with Gasteiger partial charge in [0.1, 0.15) is 5.65 Å². The fraction of sp³-hybridized carbons (Fsp3) is 0.412. The molecule has 3 aromatic heterocycles. The Morgan fingerprint density at radius 1 is 1.40 bits per heavy atom. The molecule has 0 bridgehead atoms. The molecule has 4 rings (SSSR count). The minimum absolute atomic E-state index is 0.114. The van der Waals surface area contributed by atoms with E-state index in [0.29, 0.717) is 11.9 Å². The highest BCUT2D eigenvalue weighted by atomic mass is 16.1. The van der Waals surface area contributed by atoms with E-state index < -0.39 is 0 Å². The highest BCUT2D eigenvalue weighted by Gasteiger charge is 2.21. The Hall–Kier alpha value is -2.74. The van der Waals surface area contributed by atoms with Crippen molar-refractivity contribution in [3.63, 3.8) is 0 Å². The predicted octanol–water partition coefficient (Wildman–Crippen LogP) is 1.34. The third-order valence-electron chi connectivity index (χ3n) is 4.62. The van der Waals surface area contributed by atoms with Crippen molar-refractivity contribution in [2.75, 3.05) is 18.4 Å². The number of nitrogens with one attached hydrogen (secondary N) is 3. The number of hydrogen-bond acceptors (Lipinski definition) is 5. The zero-order valence-electron chi connectivity index (χ0n) is 14.1. The van der Waals surface area contributed by atoms with Gasteiger partial charge in [-0.2, -0.15) is 10.1 Å². The number of aryl methyl sites for hydroxylation is 1. The number of pyridine rings is 1. The van der Waals surface area contributed by atoms with Crippen LogP contribution in [0, 0.1) is 0 Å². The average molecular weight is 339 g/mol. The first kappa shape index (κ1) is 15.8. The molecular formula is C17H21N7O. The Morgan fingerprint density at radius 3 is 3.08 bits per heavy atom. The van der Waals surface area contributed by atoms with Gasteiger partial charge in [0.2, 0.25) is 11.9 Å². The SMILES string of the molecule is Cn1nc(C2CCNCC2)nc1NC(=O)Cc1c[nH]c2ncccc12. The van der Waals surface area contributed by atoms with Crippen LogP contribution in [-0.4, -0.2) is 43.7 Å². The lowest BCUT2D eigenvalue weighted by molar-refractivity contribution is -0.115. The Labute approximate surface area is 145 Å². The summed E-state index contributed by atoms with van der Waals surface area (Å²) in [4.78, 5) is 24.3. The molecule has 1 aliphatic rings. The molecule has 0 aromatic carbocycles. The summed E-state index contributed by atoms with van der Waals surface area (Å²) in [6, 6.07) is 3.82. The minimum atomic E-state index is -0.114. The van der Waals surface area contributed by atoms with Gasteiger partial charge in [0, 0.05) is 30.7 Å². The highest BCUT2D eigenvalue weighted by Crippen LogP contribution is 2.23. The van der Waals surface area contributed by atoms with E-state index in [9.17, 15) is 4.79 Å². The van der Waals surface area contributed by atoms with Crippen LogP contribution < -0.4 is 10.6 Å². The number of nitrogens with zero attached hydrogens (tertiary/aromatic N) is 4. The van der Waals surface area contributed by atoms with Crippen LogP contribution in [0.4, 0.5) is 5.95 Å². The number of amides is 1. The van der Waals surface area contributed by atoms with Crippen molar-refractivity contribution < 1.29 is 4.79 Å². The number of H-pyrrole nitrogens is 1. The van der Waals surface area contributed by atoms with Gasteiger partial charge in [0.05, 0.1) is 6.42 Å². The number of rotatable bonds is 4. The van der Waals surface area contributed by atoms with Crippen LogP contribution in [0.25, 0.3) is 11.0 Å². The fourth-order valence-electron chi connectivity index (χ4n) is 3.27. The second-order valence-electron chi connectivity index (χ2n) is 6.38. The van der Waals surface area contributed by atoms with Gasteiger partial charge in [0.15, 0.2) is 5.82 Å². The van der Waals surface area contributed by atoms with Crippen LogP contribution in [0.1, 0.15) is 30.1 Å². The number of anilines is 1. The van der Waals surface area contributed by atoms with Gasteiger partial charge in [-0.25, -0.2) is 9.67 Å². The van der Waals surface area contributed by atoms with E-state index in [2.05, 4.69) is 30.7 Å². The van der Waals surface area contributed by atoms with E-state index in [1.54, 1.807) is 10.9 Å². The molecule has 1 fully saturated rings. The van der Waals surface area contributed by atoms with E-state index in [4.69, 9.17) is 0 Å². The number of piperidine rings is 1. The third kappa shape index (κ3) is 3.25. The maximum absolute atomic E-state index is 12.4. The molecular weight excluding hydrogens is 318 g/mol. The molecule has 0 spiro atoms. The molecule has 4 heterocycles. The molecule has 1 saturated heterocycles. The van der Waals surface area contributed by atoms with Crippen molar-refractivity contribution in [2.45, 2.75) is 25.2 Å². The van der Waals surface area contributed by atoms with Gasteiger partial charge >= 0.3 is 0 Å². The molecule has 0 aliphatic carbocycles. The number of fused-ring (bicyclic) bond motifs is 1. The van der Waals surface area contributed by atoms with Gasteiger partial charge < -0.3 is 10.3 Å². The van der Waals surface area contributed by atoms with Crippen molar-refractivity contribution in [2.24, 2.45) is 7.05 Å². The van der Waals surface area contributed by atoms with E-state index in [1.165, 1.54) is 0 Å². The lowest BCUT2D eigenvalue weighted by atomic mass is 9.98. The molecule has 0 atom stereocenters. The maximum atomic E-state index is 12.4. The molecule has 1 aliphatic heterocycles. The van der Waals surface area contributed by atoms with Gasteiger partial charge in [-0.3, -0.25) is 10.1 Å². The van der Waals surface area contributed by atoms with Crippen LogP contribution >= 0.6 is 0 Å². The lowest BCUT2D eigenvalue weighted by Gasteiger charge is -2.19. The van der Waals surface area contributed by atoms with Crippen LogP contribution in [0.3, 0.4) is 0 Å². The molecule has 3 aromatic rings. The summed E-state index contributed by atoms with van der Waals surface area (Å²) in [5, 5.41) is 11.7. The second-order valence-corrected chi connectivity index (χ2v) is 6.38. The molecule has 8 nitrogen and oxygen atoms in total.